The average molecular weight is 454 g/mol. The van der Waals surface area contributed by atoms with E-state index in [-0.39, 0.29) is 11.5 Å². The Labute approximate surface area is 200 Å². The van der Waals surface area contributed by atoms with E-state index < -0.39 is 6.04 Å². The lowest BCUT2D eigenvalue weighted by atomic mass is 10.1. The molecule has 0 aliphatic rings. The van der Waals surface area contributed by atoms with Crippen LogP contribution in [0.2, 0.25) is 0 Å². The average Bonchev–Trinajstić information content (AvgIpc) is 2.85. The number of para-hydroxylation sites is 1. The fourth-order valence-corrected chi connectivity index (χ4v) is 4.40. The van der Waals surface area contributed by atoms with E-state index in [1.807, 2.05) is 92.4 Å². The molecular formula is C29H31N3O2. The summed E-state index contributed by atoms with van der Waals surface area (Å²) in [4.78, 5) is 34.2. The smallest absolute Gasteiger partial charge is 0.266 e. The molecule has 1 aromatic heterocycles. The third-order valence-corrected chi connectivity index (χ3v) is 6.27. The van der Waals surface area contributed by atoms with Crippen molar-refractivity contribution in [3.8, 4) is 5.69 Å². The van der Waals surface area contributed by atoms with Crippen molar-refractivity contribution < 1.29 is 4.79 Å². The van der Waals surface area contributed by atoms with Crippen LogP contribution in [0, 0.1) is 13.8 Å². The lowest BCUT2D eigenvalue weighted by Gasteiger charge is -2.31. The van der Waals surface area contributed by atoms with Gasteiger partial charge in [-0.1, -0.05) is 61.4 Å². The Balaban J connectivity index is 1.93. The SMILES string of the molecule is CCCCN(C(=O)c1ccccc1)C(C)c1nc2ccccc2c(=O)n1-c1ccc(C)cc1C. The number of unbranched alkanes of at least 4 members (excludes halogenated alkanes) is 1. The maximum atomic E-state index is 13.8. The van der Waals surface area contributed by atoms with Crippen LogP contribution < -0.4 is 5.56 Å². The second kappa shape index (κ2) is 10.0. The summed E-state index contributed by atoms with van der Waals surface area (Å²) in [5.41, 5.74) is 4.05. The second-order valence-corrected chi connectivity index (χ2v) is 8.81. The highest BCUT2D eigenvalue weighted by Gasteiger charge is 2.27. The number of aromatic nitrogens is 2. The van der Waals surface area contributed by atoms with Crippen LogP contribution in [-0.4, -0.2) is 26.9 Å². The molecule has 5 heteroatoms. The predicted octanol–water partition coefficient (Wildman–Crippen LogP) is 6.01. The van der Waals surface area contributed by atoms with Crippen LogP contribution in [0.25, 0.3) is 16.6 Å². The molecule has 0 fully saturated rings. The first-order chi connectivity index (χ1) is 16.4. The fraction of sp³-hybridized carbons (Fsp3) is 0.276. The van der Waals surface area contributed by atoms with Crippen molar-refractivity contribution in [2.45, 2.75) is 46.6 Å². The summed E-state index contributed by atoms with van der Waals surface area (Å²) in [6.07, 6.45) is 1.82. The zero-order chi connectivity index (χ0) is 24.2. The van der Waals surface area contributed by atoms with Gasteiger partial charge in [0.2, 0.25) is 0 Å². The van der Waals surface area contributed by atoms with Gasteiger partial charge in [0.1, 0.15) is 5.82 Å². The number of hydrogen-bond acceptors (Lipinski definition) is 3. The summed E-state index contributed by atoms with van der Waals surface area (Å²) >= 11 is 0. The van der Waals surface area contributed by atoms with Gasteiger partial charge in [-0.05, 0) is 63.1 Å². The Morgan fingerprint density at radius 2 is 1.71 bits per heavy atom. The van der Waals surface area contributed by atoms with Crippen LogP contribution in [0.1, 0.15) is 60.0 Å². The molecular weight excluding hydrogens is 422 g/mol. The fourth-order valence-electron chi connectivity index (χ4n) is 4.40. The van der Waals surface area contributed by atoms with E-state index in [1.165, 1.54) is 0 Å². The van der Waals surface area contributed by atoms with Crippen LogP contribution in [0.5, 0.6) is 0 Å². The predicted molar refractivity (Wildman–Crippen MR) is 138 cm³/mol. The number of nitrogens with zero attached hydrogens (tertiary/aromatic N) is 3. The Bertz CT molecular complexity index is 1380. The molecule has 4 aromatic rings. The van der Waals surface area contributed by atoms with Gasteiger partial charge in [0.15, 0.2) is 0 Å². The maximum absolute atomic E-state index is 13.8. The lowest BCUT2D eigenvalue weighted by Crippen LogP contribution is -2.38. The Morgan fingerprint density at radius 1 is 1.00 bits per heavy atom. The number of amides is 1. The molecule has 0 spiro atoms. The molecule has 3 aromatic carbocycles. The second-order valence-electron chi connectivity index (χ2n) is 8.81. The van der Waals surface area contributed by atoms with Gasteiger partial charge in [-0.15, -0.1) is 0 Å². The molecule has 4 rings (SSSR count). The Morgan fingerprint density at radius 3 is 2.41 bits per heavy atom. The van der Waals surface area contributed by atoms with Gasteiger partial charge in [-0.25, -0.2) is 4.98 Å². The van der Waals surface area contributed by atoms with Crippen molar-refractivity contribution in [1.82, 2.24) is 14.5 Å². The van der Waals surface area contributed by atoms with E-state index in [1.54, 1.807) is 4.57 Å². The highest BCUT2D eigenvalue weighted by atomic mass is 16.2. The first-order valence-corrected chi connectivity index (χ1v) is 11.9. The minimum Gasteiger partial charge on any atom is -0.329 e. The molecule has 1 heterocycles. The Hall–Kier alpha value is -3.73. The maximum Gasteiger partial charge on any atom is 0.266 e. The number of benzene rings is 3. The number of hydrogen-bond donors (Lipinski definition) is 0. The molecule has 0 radical (unpaired) electrons. The molecule has 0 bridgehead atoms. The summed E-state index contributed by atoms with van der Waals surface area (Å²) < 4.78 is 1.69. The summed E-state index contributed by atoms with van der Waals surface area (Å²) in [5.74, 6) is 0.507. The van der Waals surface area contributed by atoms with Crippen molar-refractivity contribution >= 4 is 16.8 Å². The topological polar surface area (TPSA) is 55.2 Å². The van der Waals surface area contributed by atoms with E-state index in [4.69, 9.17) is 4.98 Å². The summed E-state index contributed by atoms with van der Waals surface area (Å²) in [6, 6.07) is 22.3. The van der Waals surface area contributed by atoms with Crippen molar-refractivity contribution in [2.24, 2.45) is 0 Å². The van der Waals surface area contributed by atoms with Crippen LogP contribution >= 0.6 is 0 Å². The van der Waals surface area contributed by atoms with E-state index in [9.17, 15) is 9.59 Å². The zero-order valence-corrected chi connectivity index (χ0v) is 20.3. The number of aryl methyl sites for hydroxylation is 2. The molecule has 0 saturated heterocycles. The van der Waals surface area contributed by atoms with Crippen molar-refractivity contribution in [3.05, 3.63) is 106 Å². The summed E-state index contributed by atoms with van der Waals surface area (Å²) in [7, 11) is 0. The normalized spacial score (nSPS) is 12.0. The molecule has 174 valence electrons. The van der Waals surface area contributed by atoms with E-state index in [2.05, 4.69) is 13.0 Å². The number of carbonyl (C=O) groups is 1. The zero-order valence-electron chi connectivity index (χ0n) is 20.3. The number of carbonyl (C=O) groups excluding carboxylic acids is 1. The van der Waals surface area contributed by atoms with Crippen LogP contribution in [0.4, 0.5) is 0 Å². The quantitative estimate of drug-likeness (QED) is 0.344. The minimum atomic E-state index is -0.405. The summed E-state index contributed by atoms with van der Waals surface area (Å²) in [5, 5.41) is 0.563. The van der Waals surface area contributed by atoms with Crippen molar-refractivity contribution in [3.63, 3.8) is 0 Å². The molecule has 34 heavy (non-hydrogen) atoms. The highest BCUT2D eigenvalue weighted by Crippen LogP contribution is 2.26. The molecule has 1 amide bonds. The van der Waals surface area contributed by atoms with E-state index in [0.717, 1.165) is 29.7 Å². The number of fused-ring (bicyclic) bond motifs is 1. The molecule has 5 nitrogen and oxygen atoms in total. The van der Waals surface area contributed by atoms with Gasteiger partial charge in [-0.3, -0.25) is 14.2 Å². The molecule has 0 saturated carbocycles. The highest BCUT2D eigenvalue weighted by molar-refractivity contribution is 5.94. The van der Waals surface area contributed by atoms with Crippen molar-refractivity contribution in [2.75, 3.05) is 6.54 Å². The van der Waals surface area contributed by atoms with Gasteiger partial charge < -0.3 is 4.90 Å². The minimum absolute atomic E-state index is 0.0591. The first kappa shape index (κ1) is 23.4. The molecule has 0 aliphatic carbocycles. The summed E-state index contributed by atoms with van der Waals surface area (Å²) in [6.45, 7) is 8.69. The van der Waals surface area contributed by atoms with Gasteiger partial charge in [0.05, 0.1) is 22.6 Å². The first-order valence-electron chi connectivity index (χ1n) is 11.9. The van der Waals surface area contributed by atoms with Gasteiger partial charge in [-0.2, -0.15) is 0 Å². The third kappa shape index (κ3) is 4.51. The molecule has 0 N–H and O–H groups in total. The van der Waals surface area contributed by atoms with Crippen molar-refractivity contribution in [1.29, 1.82) is 0 Å². The van der Waals surface area contributed by atoms with E-state index in [0.29, 0.717) is 28.8 Å². The molecule has 1 unspecified atom stereocenters. The van der Waals surface area contributed by atoms with Gasteiger partial charge in [0.25, 0.3) is 11.5 Å². The standard InChI is InChI=1S/C29H31N3O2/c1-5-6-18-31(28(33)23-12-8-7-9-13-23)22(4)27-30-25-15-11-10-14-24(25)29(34)32(27)26-17-16-20(2)19-21(26)3/h7-17,19,22H,5-6,18H2,1-4H3. The Kier molecular flexibility index (Phi) is 6.92. The molecule has 0 aliphatic heterocycles. The number of rotatable bonds is 7. The van der Waals surface area contributed by atoms with E-state index >= 15 is 0 Å². The lowest BCUT2D eigenvalue weighted by molar-refractivity contribution is 0.0678. The van der Waals surface area contributed by atoms with Gasteiger partial charge >= 0.3 is 0 Å². The monoisotopic (exact) mass is 453 g/mol. The largest absolute Gasteiger partial charge is 0.329 e. The van der Waals surface area contributed by atoms with Crippen LogP contribution in [-0.2, 0) is 0 Å². The third-order valence-electron chi connectivity index (χ3n) is 6.27. The van der Waals surface area contributed by atoms with Crippen LogP contribution in [0.3, 0.4) is 0 Å². The van der Waals surface area contributed by atoms with Gasteiger partial charge in [0, 0.05) is 12.1 Å². The molecule has 1 atom stereocenters. The van der Waals surface area contributed by atoms with Crippen LogP contribution in [0.15, 0.2) is 77.6 Å².